The van der Waals surface area contributed by atoms with Gasteiger partial charge in [0.05, 0.1) is 23.4 Å². The fraction of sp³-hybridized carbons (Fsp3) is 0.273. The summed E-state index contributed by atoms with van der Waals surface area (Å²) in [5.41, 5.74) is 3.71. The Balaban J connectivity index is 2.12. The van der Waals surface area contributed by atoms with E-state index in [1.54, 1.807) is 18.2 Å². The second-order valence-electron chi connectivity index (χ2n) is 7.30. The Hall–Kier alpha value is -2.88. The monoisotopic (exact) mass is 349 g/mol. The van der Waals surface area contributed by atoms with Gasteiger partial charge in [-0.25, -0.2) is 9.78 Å². The number of hydrogen-bond donors (Lipinski definition) is 1. The standard InChI is InChI=1S/C22H23NO3/c1-5-26-16-10-11-19-17(12-16)18(21(24)25)13-20(23-19)14-6-8-15(9-7-14)22(2,3)4/h6-13H,5H2,1-4H3,(H,24,25). The summed E-state index contributed by atoms with van der Waals surface area (Å²) in [5.74, 6) is -0.329. The lowest BCUT2D eigenvalue weighted by Gasteiger charge is -2.19. The van der Waals surface area contributed by atoms with Gasteiger partial charge in [0.2, 0.25) is 0 Å². The average molecular weight is 349 g/mol. The SMILES string of the molecule is CCOc1ccc2nc(-c3ccc(C(C)(C)C)cc3)cc(C(=O)O)c2c1. The Morgan fingerprint density at radius 2 is 1.77 bits per heavy atom. The number of aromatic carboxylic acids is 1. The van der Waals surface area contributed by atoms with Gasteiger partial charge in [-0.05, 0) is 42.2 Å². The van der Waals surface area contributed by atoms with Gasteiger partial charge in [-0.3, -0.25) is 0 Å². The smallest absolute Gasteiger partial charge is 0.336 e. The molecule has 0 atom stereocenters. The maximum atomic E-state index is 11.8. The molecule has 0 spiro atoms. The van der Waals surface area contributed by atoms with Crippen molar-refractivity contribution in [1.82, 2.24) is 4.98 Å². The Kier molecular flexibility index (Phi) is 4.68. The summed E-state index contributed by atoms with van der Waals surface area (Å²) < 4.78 is 5.49. The molecule has 0 fully saturated rings. The van der Waals surface area contributed by atoms with E-state index in [2.05, 4.69) is 37.9 Å². The number of carboxylic acid groups (broad SMARTS) is 1. The summed E-state index contributed by atoms with van der Waals surface area (Å²) in [6.07, 6.45) is 0. The molecule has 4 nitrogen and oxygen atoms in total. The van der Waals surface area contributed by atoms with Crippen LogP contribution < -0.4 is 4.74 Å². The van der Waals surface area contributed by atoms with Crippen LogP contribution >= 0.6 is 0 Å². The van der Waals surface area contributed by atoms with Crippen molar-refractivity contribution in [2.75, 3.05) is 6.61 Å². The zero-order chi connectivity index (χ0) is 18.9. The molecule has 134 valence electrons. The maximum absolute atomic E-state index is 11.8. The first-order valence-electron chi connectivity index (χ1n) is 8.71. The fourth-order valence-corrected chi connectivity index (χ4v) is 2.93. The highest BCUT2D eigenvalue weighted by Gasteiger charge is 2.16. The number of hydrogen-bond acceptors (Lipinski definition) is 3. The zero-order valence-corrected chi connectivity index (χ0v) is 15.5. The lowest BCUT2D eigenvalue weighted by atomic mass is 9.86. The third-order valence-corrected chi connectivity index (χ3v) is 4.37. The molecule has 0 radical (unpaired) electrons. The van der Waals surface area contributed by atoms with Crippen LogP contribution in [0.4, 0.5) is 0 Å². The first-order valence-corrected chi connectivity index (χ1v) is 8.71. The molecular weight excluding hydrogens is 326 g/mol. The minimum Gasteiger partial charge on any atom is -0.494 e. The molecule has 26 heavy (non-hydrogen) atoms. The molecule has 0 unspecified atom stereocenters. The second kappa shape index (κ2) is 6.79. The van der Waals surface area contributed by atoms with Crippen molar-refractivity contribution < 1.29 is 14.6 Å². The molecule has 3 rings (SSSR count). The minimum atomic E-state index is -0.974. The highest BCUT2D eigenvalue weighted by molar-refractivity contribution is 6.04. The molecule has 1 N–H and O–H groups in total. The summed E-state index contributed by atoms with van der Waals surface area (Å²) >= 11 is 0. The van der Waals surface area contributed by atoms with Crippen LogP contribution in [-0.4, -0.2) is 22.7 Å². The number of benzene rings is 2. The molecule has 2 aromatic carbocycles. The number of fused-ring (bicyclic) bond motifs is 1. The topological polar surface area (TPSA) is 59.4 Å². The lowest BCUT2D eigenvalue weighted by molar-refractivity contribution is 0.0699. The molecule has 0 amide bonds. The van der Waals surface area contributed by atoms with Crippen molar-refractivity contribution in [3.63, 3.8) is 0 Å². The fourth-order valence-electron chi connectivity index (χ4n) is 2.93. The normalized spacial score (nSPS) is 11.5. The van der Waals surface area contributed by atoms with Crippen molar-refractivity contribution in [1.29, 1.82) is 0 Å². The number of aromatic nitrogens is 1. The molecule has 0 aliphatic heterocycles. The van der Waals surface area contributed by atoms with Gasteiger partial charge in [0, 0.05) is 10.9 Å². The highest BCUT2D eigenvalue weighted by Crippen LogP contribution is 2.29. The summed E-state index contributed by atoms with van der Waals surface area (Å²) in [6, 6.07) is 15.1. The summed E-state index contributed by atoms with van der Waals surface area (Å²) in [6.45, 7) is 8.91. The number of carbonyl (C=O) groups is 1. The molecule has 1 aromatic heterocycles. The van der Waals surface area contributed by atoms with Crippen LogP contribution in [0, 0.1) is 0 Å². The van der Waals surface area contributed by atoms with Crippen LogP contribution in [0.5, 0.6) is 5.75 Å². The number of carboxylic acids is 1. The van der Waals surface area contributed by atoms with E-state index in [0.29, 0.717) is 29.0 Å². The number of pyridine rings is 1. The molecule has 0 saturated carbocycles. The van der Waals surface area contributed by atoms with E-state index in [9.17, 15) is 9.90 Å². The van der Waals surface area contributed by atoms with E-state index in [4.69, 9.17) is 4.74 Å². The molecule has 0 saturated heterocycles. The molecule has 1 heterocycles. The third-order valence-electron chi connectivity index (χ3n) is 4.37. The largest absolute Gasteiger partial charge is 0.494 e. The van der Waals surface area contributed by atoms with Crippen LogP contribution in [0.25, 0.3) is 22.2 Å². The number of nitrogens with zero attached hydrogens (tertiary/aromatic N) is 1. The van der Waals surface area contributed by atoms with E-state index >= 15 is 0 Å². The van der Waals surface area contributed by atoms with E-state index in [1.807, 2.05) is 25.1 Å². The van der Waals surface area contributed by atoms with E-state index in [0.717, 1.165) is 5.56 Å². The van der Waals surface area contributed by atoms with Crippen molar-refractivity contribution >= 4 is 16.9 Å². The predicted molar refractivity (Wildman–Crippen MR) is 104 cm³/mol. The molecule has 0 aliphatic carbocycles. The molecule has 4 heteroatoms. The quantitative estimate of drug-likeness (QED) is 0.695. The van der Waals surface area contributed by atoms with Gasteiger partial charge in [0.1, 0.15) is 5.75 Å². The van der Waals surface area contributed by atoms with Gasteiger partial charge in [0.15, 0.2) is 0 Å². The van der Waals surface area contributed by atoms with Crippen LogP contribution in [0.1, 0.15) is 43.6 Å². The van der Waals surface area contributed by atoms with E-state index < -0.39 is 5.97 Å². The first kappa shape index (κ1) is 17.9. The number of rotatable bonds is 4. The lowest BCUT2D eigenvalue weighted by Crippen LogP contribution is -2.10. The molecule has 0 bridgehead atoms. The van der Waals surface area contributed by atoms with Crippen molar-refractivity contribution in [2.45, 2.75) is 33.1 Å². The van der Waals surface area contributed by atoms with Gasteiger partial charge >= 0.3 is 5.97 Å². The Bertz CT molecular complexity index is 954. The Morgan fingerprint density at radius 1 is 1.08 bits per heavy atom. The van der Waals surface area contributed by atoms with Gasteiger partial charge in [0.25, 0.3) is 0 Å². The van der Waals surface area contributed by atoms with Crippen molar-refractivity contribution in [2.24, 2.45) is 0 Å². The Labute approximate surface area is 153 Å². The summed E-state index contributed by atoms with van der Waals surface area (Å²) in [4.78, 5) is 16.4. The van der Waals surface area contributed by atoms with Gasteiger partial charge in [-0.2, -0.15) is 0 Å². The first-order chi connectivity index (χ1) is 12.3. The van der Waals surface area contributed by atoms with Crippen LogP contribution in [0.3, 0.4) is 0 Å². The second-order valence-corrected chi connectivity index (χ2v) is 7.30. The minimum absolute atomic E-state index is 0.0667. The summed E-state index contributed by atoms with van der Waals surface area (Å²) in [7, 11) is 0. The molecule has 3 aromatic rings. The van der Waals surface area contributed by atoms with E-state index in [1.165, 1.54) is 5.56 Å². The van der Waals surface area contributed by atoms with Crippen LogP contribution in [0.15, 0.2) is 48.5 Å². The zero-order valence-electron chi connectivity index (χ0n) is 15.5. The van der Waals surface area contributed by atoms with Crippen molar-refractivity contribution in [3.8, 4) is 17.0 Å². The Morgan fingerprint density at radius 3 is 2.35 bits per heavy atom. The highest BCUT2D eigenvalue weighted by atomic mass is 16.5. The summed E-state index contributed by atoms with van der Waals surface area (Å²) in [5, 5.41) is 10.2. The van der Waals surface area contributed by atoms with Gasteiger partial charge in [-0.1, -0.05) is 45.0 Å². The van der Waals surface area contributed by atoms with E-state index in [-0.39, 0.29) is 11.0 Å². The average Bonchev–Trinajstić information content (AvgIpc) is 2.60. The maximum Gasteiger partial charge on any atom is 0.336 e. The predicted octanol–water partition coefficient (Wildman–Crippen LogP) is 5.30. The van der Waals surface area contributed by atoms with Crippen LogP contribution in [0.2, 0.25) is 0 Å². The third kappa shape index (κ3) is 3.54. The van der Waals surface area contributed by atoms with Gasteiger partial charge < -0.3 is 9.84 Å². The van der Waals surface area contributed by atoms with Gasteiger partial charge in [-0.15, -0.1) is 0 Å². The van der Waals surface area contributed by atoms with Crippen LogP contribution in [-0.2, 0) is 5.41 Å². The molecular formula is C22H23NO3. The molecule has 0 aliphatic rings. The van der Waals surface area contributed by atoms with Crippen molar-refractivity contribution in [3.05, 3.63) is 59.7 Å². The number of ether oxygens (including phenoxy) is 1.